The first kappa shape index (κ1) is 9.48. The zero-order valence-corrected chi connectivity index (χ0v) is 7.19. The molecule has 0 aliphatic heterocycles. The Morgan fingerprint density at radius 3 is 1.90 bits per heavy atom. The highest BCUT2D eigenvalue weighted by molar-refractivity contribution is 4.88. The lowest BCUT2D eigenvalue weighted by Gasteiger charge is -1.79. The molecular weight excluding hydrogens is 120 g/mol. The second-order valence-corrected chi connectivity index (χ2v) is 2.71. The Hall–Kier alpha value is -0.520. The summed E-state index contributed by atoms with van der Waals surface area (Å²) in [5, 5.41) is 0. The fraction of sp³-hybridized carbons (Fsp3) is 0.600. The van der Waals surface area contributed by atoms with E-state index in [0.717, 1.165) is 6.42 Å². The van der Waals surface area contributed by atoms with Crippen molar-refractivity contribution >= 4 is 0 Å². The summed E-state index contributed by atoms with van der Waals surface area (Å²) in [6.07, 6.45) is 9.61. The summed E-state index contributed by atoms with van der Waals surface area (Å²) >= 11 is 0. The molecular formula is C10H18. The quantitative estimate of drug-likeness (QED) is 0.485. The molecule has 1 aliphatic carbocycles. The minimum Gasteiger partial charge on any atom is -0.100 e. The van der Waals surface area contributed by atoms with E-state index in [2.05, 4.69) is 25.7 Å². The van der Waals surface area contributed by atoms with Gasteiger partial charge >= 0.3 is 0 Å². The van der Waals surface area contributed by atoms with Crippen molar-refractivity contribution in [2.24, 2.45) is 0 Å². The van der Waals surface area contributed by atoms with E-state index in [4.69, 9.17) is 0 Å². The van der Waals surface area contributed by atoms with Gasteiger partial charge in [0.2, 0.25) is 0 Å². The van der Waals surface area contributed by atoms with Crippen LogP contribution in [0.4, 0.5) is 0 Å². The summed E-state index contributed by atoms with van der Waals surface area (Å²) in [5.74, 6) is 0. The molecule has 0 atom stereocenters. The van der Waals surface area contributed by atoms with Gasteiger partial charge in [-0.1, -0.05) is 24.6 Å². The van der Waals surface area contributed by atoms with Crippen LogP contribution in [0.5, 0.6) is 0 Å². The van der Waals surface area contributed by atoms with E-state index < -0.39 is 0 Å². The Labute approximate surface area is 64.6 Å². The van der Waals surface area contributed by atoms with Gasteiger partial charge in [-0.3, -0.25) is 0 Å². The van der Waals surface area contributed by atoms with Crippen molar-refractivity contribution in [1.29, 1.82) is 0 Å². The van der Waals surface area contributed by atoms with Crippen LogP contribution in [0, 0.1) is 0 Å². The van der Waals surface area contributed by atoms with E-state index in [1.165, 1.54) is 24.8 Å². The molecule has 0 aromatic rings. The number of hydrogen-bond donors (Lipinski definition) is 0. The predicted octanol–water partition coefficient (Wildman–Crippen LogP) is 3.70. The Bertz CT molecular complexity index is 103. The van der Waals surface area contributed by atoms with Crippen molar-refractivity contribution in [2.45, 2.75) is 39.5 Å². The van der Waals surface area contributed by atoms with Gasteiger partial charge in [-0.25, -0.2) is 0 Å². The lowest BCUT2D eigenvalue weighted by Crippen LogP contribution is -1.58. The molecule has 0 saturated heterocycles. The maximum Gasteiger partial charge on any atom is -0.0348 e. The summed E-state index contributed by atoms with van der Waals surface area (Å²) in [5.41, 5.74) is 1.25. The molecule has 0 spiro atoms. The smallest absolute Gasteiger partial charge is 0.0348 e. The average Bonchev–Trinajstić information content (AvgIpc) is 2.43. The molecule has 10 heavy (non-hydrogen) atoms. The van der Waals surface area contributed by atoms with E-state index in [9.17, 15) is 0 Å². The number of hydrogen-bond acceptors (Lipinski definition) is 0. The largest absolute Gasteiger partial charge is 0.100 e. The third kappa shape index (κ3) is 7.48. The van der Waals surface area contributed by atoms with Crippen LogP contribution in [0.3, 0.4) is 0 Å². The minimum atomic E-state index is 1.11. The van der Waals surface area contributed by atoms with Gasteiger partial charge in [-0.05, 0) is 32.6 Å². The number of rotatable bonds is 1. The predicted molar refractivity (Wildman–Crippen MR) is 48.1 cm³/mol. The van der Waals surface area contributed by atoms with E-state index in [1.54, 1.807) is 0 Å². The molecule has 0 unspecified atom stereocenters. The third-order valence-electron chi connectivity index (χ3n) is 1.51. The Kier molecular flexibility index (Phi) is 6.25. The van der Waals surface area contributed by atoms with Crippen LogP contribution in [0.15, 0.2) is 24.3 Å². The van der Waals surface area contributed by atoms with E-state index >= 15 is 0 Å². The van der Waals surface area contributed by atoms with Crippen LogP contribution in [0.1, 0.15) is 39.5 Å². The van der Waals surface area contributed by atoms with Gasteiger partial charge in [0.05, 0.1) is 0 Å². The Morgan fingerprint density at radius 2 is 1.80 bits per heavy atom. The van der Waals surface area contributed by atoms with Crippen molar-refractivity contribution in [3.63, 3.8) is 0 Å². The Balaban J connectivity index is 0.000000162. The highest BCUT2D eigenvalue weighted by Crippen LogP contribution is 2.05. The molecule has 1 aliphatic rings. The highest BCUT2D eigenvalue weighted by atomic mass is 13.9. The van der Waals surface area contributed by atoms with Crippen LogP contribution in [0.2, 0.25) is 0 Å². The summed E-state index contributed by atoms with van der Waals surface area (Å²) in [6.45, 7) is 7.80. The standard InChI is InChI=1S/C5H8.C5H10/c1-2-4-5-3-1;1-4-5(2)3/h1-2H,3-5H2;2,4H2,1,3H3. The first-order valence-electron chi connectivity index (χ1n) is 4.06. The molecule has 0 radical (unpaired) electrons. The summed E-state index contributed by atoms with van der Waals surface area (Å²) in [4.78, 5) is 0. The molecule has 0 amide bonds. The average molecular weight is 138 g/mol. The van der Waals surface area contributed by atoms with Crippen molar-refractivity contribution in [3.8, 4) is 0 Å². The van der Waals surface area contributed by atoms with Crippen LogP contribution >= 0.6 is 0 Å². The summed E-state index contributed by atoms with van der Waals surface area (Å²) in [7, 11) is 0. The first-order chi connectivity index (χ1) is 4.77. The SMILES string of the molecule is C1=CCCC1.C=C(C)CC. The van der Waals surface area contributed by atoms with Crippen molar-refractivity contribution in [2.75, 3.05) is 0 Å². The molecule has 0 nitrogen and oxygen atoms in total. The normalized spacial score (nSPS) is 14.2. The molecule has 0 aromatic heterocycles. The van der Waals surface area contributed by atoms with Gasteiger partial charge < -0.3 is 0 Å². The van der Waals surface area contributed by atoms with Gasteiger partial charge in [-0.2, -0.15) is 0 Å². The molecule has 58 valence electrons. The van der Waals surface area contributed by atoms with E-state index in [-0.39, 0.29) is 0 Å². The summed E-state index contributed by atoms with van der Waals surface area (Å²) < 4.78 is 0. The zero-order valence-electron chi connectivity index (χ0n) is 7.19. The second kappa shape index (κ2) is 6.60. The maximum atomic E-state index is 3.67. The van der Waals surface area contributed by atoms with Gasteiger partial charge in [0.1, 0.15) is 0 Å². The van der Waals surface area contributed by atoms with Gasteiger partial charge in [0, 0.05) is 0 Å². The van der Waals surface area contributed by atoms with Crippen molar-refractivity contribution in [3.05, 3.63) is 24.3 Å². The molecule has 0 N–H and O–H groups in total. The molecule has 0 aromatic carbocycles. The monoisotopic (exact) mass is 138 g/mol. The lowest BCUT2D eigenvalue weighted by atomic mass is 10.3. The molecule has 0 fully saturated rings. The lowest BCUT2D eigenvalue weighted by molar-refractivity contribution is 0.929. The van der Waals surface area contributed by atoms with Crippen LogP contribution in [-0.2, 0) is 0 Å². The third-order valence-corrected chi connectivity index (χ3v) is 1.51. The van der Waals surface area contributed by atoms with E-state index in [1.807, 2.05) is 6.92 Å². The first-order valence-corrected chi connectivity index (χ1v) is 4.06. The molecule has 0 saturated carbocycles. The fourth-order valence-corrected chi connectivity index (χ4v) is 0.589. The number of allylic oxidation sites excluding steroid dienone is 3. The molecule has 0 heteroatoms. The molecule has 1 rings (SSSR count). The maximum absolute atomic E-state index is 3.67. The molecule has 0 heterocycles. The van der Waals surface area contributed by atoms with Crippen LogP contribution in [-0.4, -0.2) is 0 Å². The van der Waals surface area contributed by atoms with Crippen LogP contribution < -0.4 is 0 Å². The van der Waals surface area contributed by atoms with E-state index in [0.29, 0.717) is 0 Å². The van der Waals surface area contributed by atoms with Gasteiger partial charge in [0.25, 0.3) is 0 Å². The summed E-state index contributed by atoms with van der Waals surface area (Å²) in [6, 6.07) is 0. The zero-order chi connectivity index (χ0) is 7.82. The fourth-order valence-electron chi connectivity index (χ4n) is 0.589. The topological polar surface area (TPSA) is 0 Å². The Morgan fingerprint density at radius 1 is 1.40 bits per heavy atom. The van der Waals surface area contributed by atoms with Crippen molar-refractivity contribution < 1.29 is 0 Å². The second-order valence-electron chi connectivity index (χ2n) is 2.71. The van der Waals surface area contributed by atoms with Crippen LogP contribution in [0.25, 0.3) is 0 Å². The van der Waals surface area contributed by atoms with Gasteiger partial charge in [0.15, 0.2) is 0 Å². The van der Waals surface area contributed by atoms with Gasteiger partial charge in [-0.15, -0.1) is 6.58 Å². The highest BCUT2D eigenvalue weighted by Gasteiger charge is 1.84. The molecule has 0 bridgehead atoms. The minimum absolute atomic E-state index is 1.11. The van der Waals surface area contributed by atoms with Crippen molar-refractivity contribution in [1.82, 2.24) is 0 Å².